The van der Waals surface area contributed by atoms with E-state index in [4.69, 9.17) is 5.11 Å². The molecule has 1 fully saturated rings. The first-order valence-electron chi connectivity index (χ1n) is 6.31. The summed E-state index contributed by atoms with van der Waals surface area (Å²) in [6.07, 6.45) is -3.24. The fourth-order valence-electron chi connectivity index (χ4n) is 2.28. The molecule has 21 heavy (non-hydrogen) atoms. The van der Waals surface area contributed by atoms with Crippen LogP contribution in [0.15, 0.2) is 18.3 Å². The third-order valence-electron chi connectivity index (χ3n) is 3.35. The summed E-state index contributed by atoms with van der Waals surface area (Å²) in [6.45, 7) is 0.0227. The number of aromatic nitrogens is 1. The zero-order valence-electron chi connectivity index (χ0n) is 10.9. The van der Waals surface area contributed by atoms with Gasteiger partial charge in [-0.1, -0.05) is 0 Å². The van der Waals surface area contributed by atoms with Gasteiger partial charge < -0.3 is 10.0 Å². The highest BCUT2D eigenvalue weighted by Gasteiger charge is 2.33. The molecule has 0 saturated carbocycles. The molecule has 1 aromatic rings. The number of likely N-dealkylation sites (tertiary alicyclic amines) is 1. The van der Waals surface area contributed by atoms with Crippen molar-refractivity contribution in [2.75, 3.05) is 0 Å². The maximum atomic E-state index is 12.4. The van der Waals surface area contributed by atoms with Gasteiger partial charge in [-0.3, -0.25) is 14.6 Å². The van der Waals surface area contributed by atoms with Crippen molar-refractivity contribution in [3.63, 3.8) is 0 Å². The van der Waals surface area contributed by atoms with Crippen molar-refractivity contribution in [3.8, 4) is 0 Å². The van der Waals surface area contributed by atoms with Crippen LogP contribution in [0.4, 0.5) is 13.2 Å². The average molecular weight is 302 g/mol. The van der Waals surface area contributed by atoms with Crippen LogP contribution in [0.25, 0.3) is 0 Å². The molecule has 0 aromatic carbocycles. The maximum Gasteiger partial charge on any atom is 0.417 e. The van der Waals surface area contributed by atoms with Crippen LogP contribution in [0.2, 0.25) is 0 Å². The van der Waals surface area contributed by atoms with Gasteiger partial charge in [0.2, 0.25) is 5.91 Å². The fourth-order valence-corrected chi connectivity index (χ4v) is 2.28. The van der Waals surface area contributed by atoms with Crippen LogP contribution in [-0.2, 0) is 22.3 Å². The number of amides is 1. The standard InChI is InChI=1S/C13H13F3N2O3/c14-13(15,16)8-1-2-9(17-6-8)7-18-10(5-12(20)21)3-4-11(18)19/h1-2,6,10H,3-5,7H2,(H,20,21). The van der Waals surface area contributed by atoms with Gasteiger partial charge in [-0.15, -0.1) is 0 Å². The number of carbonyl (C=O) groups is 2. The Kier molecular flexibility index (Phi) is 4.15. The summed E-state index contributed by atoms with van der Waals surface area (Å²) < 4.78 is 37.3. The Hall–Kier alpha value is -2.12. The van der Waals surface area contributed by atoms with Gasteiger partial charge in [-0.25, -0.2) is 0 Å². The lowest BCUT2D eigenvalue weighted by Gasteiger charge is -2.23. The van der Waals surface area contributed by atoms with Crippen molar-refractivity contribution in [2.45, 2.75) is 38.0 Å². The number of pyridine rings is 1. The van der Waals surface area contributed by atoms with Crippen molar-refractivity contribution in [2.24, 2.45) is 0 Å². The summed E-state index contributed by atoms with van der Waals surface area (Å²) in [4.78, 5) is 27.5. The van der Waals surface area contributed by atoms with Crippen LogP contribution in [0, 0.1) is 0 Å². The van der Waals surface area contributed by atoms with E-state index in [-0.39, 0.29) is 25.3 Å². The zero-order valence-corrected chi connectivity index (χ0v) is 10.9. The first-order chi connectivity index (χ1) is 9.77. The third kappa shape index (κ3) is 3.71. The van der Waals surface area contributed by atoms with Crippen molar-refractivity contribution >= 4 is 11.9 Å². The number of aliphatic carboxylic acids is 1. The van der Waals surface area contributed by atoms with E-state index in [2.05, 4.69) is 4.98 Å². The molecule has 114 valence electrons. The van der Waals surface area contributed by atoms with E-state index in [1.54, 1.807) is 0 Å². The molecule has 0 aliphatic carbocycles. The Labute approximate surface area is 118 Å². The zero-order chi connectivity index (χ0) is 15.6. The summed E-state index contributed by atoms with van der Waals surface area (Å²) >= 11 is 0. The summed E-state index contributed by atoms with van der Waals surface area (Å²) in [7, 11) is 0. The molecule has 1 amide bonds. The van der Waals surface area contributed by atoms with Crippen molar-refractivity contribution in [3.05, 3.63) is 29.6 Å². The molecule has 1 N–H and O–H groups in total. The normalized spacial score (nSPS) is 19.1. The minimum absolute atomic E-state index is 0.0227. The van der Waals surface area contributed by atoms with Gasteiger partial charge in [0.15, 0.2) is 0 Å². The van der Waals surface area contributed by atoms with Crippen LogP contribution in [0.1, 0.15) is 30.5 Å². The fraction of sp³-hybridized carbons (Fsp3) is 0.462. The van der Waals surface area contributed by atoms with Gasteiger partial charge in [-0.2, -0.15) is 13.2 Å². The minimum atomic E-state index is -4.46. The molecule has 1 aliphatic rings. The van der Waals surface area contributed by atoms with E-state index >= 15 is 0 Å². The topological polar surface area (TPSA) is 70.5 Å². The molecular weight excluding hydrogens is 289 g/mol. The monoisotopic (exact) mass is 302 g/mol. The molecule has 2 rings (SSSR count). The smallest absolute Gasteiger partial charge is 0.417 e. The molecule has 0 radical (unpaired) electrons. The van der Waals surface area contributed by atoms with E-state index in [1.165, 1.54) is 11.0 Å². The molecule has 1 aliphatic heterocycles. The highest BCUT2D eigenvalue weighted by molar-refractivity contribution is 5.80. The molecular formula is C13H13F3N2O3. The van der Waals surface area contributed by atoms with Crippen molar-refractivity contribution < 1.29 is 27.9 Å². The Morgan fingerprint density at radius 2 is 2.14 bits per heavy atom. The number of nitrogens with zero attached hydrogens (tertiary/aromatic N) is 2. The predicted octanol–water partition coefficient (Wildman–Crippen LogP) is 2.07. The lowest BCUT2D eigenvalue weighted by Crippen LogP contribution is -2.34. The number of carboxylic acids is 1. The number of carboxylic acid groups (broad SMARTS) is 1. The minimum Gasteiger partial charge on any atom is -0.481 e. The highest BCUT2D eigenvalue weighted by atomic mass is 19.4. The molecule has 8 heteroatoms. The Morgan fingerprint density at radius 3 is 2.67 bits per heavy atom. The van der Waals surface area contributed by atoms with E-state index in [9.17, 15) is 22.8 Å². The highest BCUT2D eigenvalue weighted by Crippen LogP contribution is 2.29. The van der Waals surface area contributed by atoms with Gasteiger partial charge in [0.1, 0.15) is 0 Å². The quantitative estimate of drug-likeness (QED) is 0.924. The summed E-state index contributed by atoms with van der Waals surface area (Å²) in [5, 5.41) is 8.79. The molecule has 1 aromatic heterocycles. The molecule has 1 atom stereocenters. The third-order valence-corrected chi connectivity index (χ3v) is 3.35. The second-order valence-electron chi connectivity index (χ2n) is 4.85. The van der Waals surface area contributed by atoms with E-state index < -0.39 is 23.8 Å². The van der Waals surface area contributed by atoms with Crippen LogP contribution in [0.5, 0.6) is 0 Å². The van der Waals surface area contributed by atoms with Crippen molar-refractivity contribution in [1.29, 1.82) is 0 Å². The van der Waals surface area contributed by atoms with Gasteiger partial charge in [0, 0.05) is 18.7 Å². The molecule has 0 bridgehead atoms. The van der Waals surface area contributed by atoms with Gasteiger partial charge >= 0.3 is 12.1 Å². The van der Waals surface area contributed by atoms with Crippen LogP contribution in [0.3, 0.4) is 0 Å². The molecule has 5 nitrogen and oxygen atoms in total. The second kappa shape index (κ2) is 5.71. The SMILES string of the molecule is O=C(O)CC1CCC(=O)N1Cc1ccc(C(F)(F)F)cn1. The Bertz CT molecular complexity index is 543. The predicted molar refractivity (Wildman–Crippen MR) is 65.1 cm³/mol. The van der Waals surface area contributed by atoms with Gasteiger partial charge in [0.05, 0.1) is 24.2 Å². The van der Waals surface area contributed by atoms with Gasteiger partial charge in [-0.05, 0) is 18.6 Å². The van der Waals surface area contributed by atoms with Crippen LogP contribution in [-0.4, -0.2) is 32.9 Å². The maximum absolute atomic E-state index is 12.4. The average Bonchev–Trinajstić information content (AvgIpc) is 2.70. The lowest BCUT2D eigenvalue weighted by atomic mass is 10.1. The number of halogens is 3. The summed E-state index contributed by atoms with van der Waals surface area (Å²) in [5.74, 6) is -1.22. The van der Waals surface area contributed by atoms with Crippen LogP contribution < -0.4 is 0 Å². The Morgan fingerprint density at radius 1 is 1.43 bits per heavy atom. The molecule has 2 heterocycles. The number of alkyl halides is 3. The second-order valence-corrected chi connectivity index (χ2v) is 4.85. The first kappa shape index (κ1) is 15.3. The number of hydrogen-bond donors (Lipinski definition) is 1. The first-order valence-corrected chi connectivity index (χ1v) is 6.31. The van der Waals surface area contributed by atoms with E-state index in [0.717, 1.165) is 6.07 Å². The number of hydrogen-bond acceptors (Lipinski definition) is 3. The van der Waals surface area contributed by atoms with E-state index in [1.807, 2.05) is 0 Å². The van der Waals surface area contributed by atoms with Crippen LogP contribution >= 0.6 is 0 Å². The van der Waals surface area contributed by atoms with E-state index in [0.29, 0.717) is 18.3 Å². The number of rotatable bonds is 4. The Balaban J connectivity index is 2.09. The molecule has 0 spiro atoms. The van der Waals surface area contributed by atoms with Gasteiger partial charge in [0.25, 0.3) is 0 Å². The summed E-state index contributed by atoms with van der Waals surface area (Å²) in [6, 6.07) is 1.67. The molecule has 1 saturated heterocycles. The molecule has 1 unspecified atom stereocenters. The number of carbonyl (C=O) groups excluding carboxylic acids is 1. The largest absolute Gasteiger partial charge is 0.481 e. The summed E-state index contributed by atoms with van der Waals surface area (Å²) in [5.41, 5.74) is -0.560. The lowest BCUT2D eigenvalue weighted by molar-refractivity contribution is -0.140. The van der Waals surface area contributed by atoms with Crippen molar-refractivity contribution in [1.82, 2.24) is 9.88 Å².